The lowest BCUT2D eigenvalue weighted by Crippen LogP contribution is -2.59. The molecule has 4 bridgehead atoms. The number of hydrogen-bond donors (Lipinski definition) is 3. The van der Waals surface area contributed by atoms with Gasteiger partial charge in [0.1, 0.15) is 0 Å². The molecule has 5 heteroatoms. The number of unbranched alkanes of at least 4 members (excludes halogenated alkanes) is 2. The molecule has 22 heavy (non-hydrogen) atoms. The van der Waals surface area contributed by atoms with E-state index in [9.17, 15) is 9.59 Å². The Labute approximate surface area is 132 Å². The molecule has 0 unspecified atom stereocenters. The van der Waals surface area contributed by atoms with E-state index < -0.39 is 0 Å². The number of amides is 2. The molecule has 4 rings (SSSR count). The van der Waals surface area contributed by atoms with Crippen LogP contribution in [0.1, 0.15) is 70.6 Å². The average Bonchev–Trinajstić information content (AvgIpc) is 2.44. The van der Waals surface area contributed by atoms with Crippen molar-refractivity contribution in [2.45, 2.75) is 76.2 Å². The highest BCUT2D eigenvalue weighted by atomic mass is 16.5. The molecule has 0 aromatic rings. The van der Waals surface area contributed by atoms with Gasteiger partial charge in [-0.25, -0.2) is 5.48 Å². The summed E-state index contributed by atoms with van der Waals surface area (Å²) in [6.45, 7) is 0. The smallest absolute Gasteiger partial charge is 0.243 e. The van der Waals surface area contributed by atoms with Gasteiger partial charge in [0.15, 0.2) is 0 Å². The van der Waals surface area contributed by atoms with Gasteiger partial charge in [-0.05, 0) is 69.1 Å². The summed E-state index contributed by atoms with van der Waals surface area (Å²) in [5, 5.41) is 11.8. The fourth-order valence-corrected chi connectivity index (χ4v) is 5.43. The molecular weight excluding hydrogens is 280 g/mol. The number of nitrogens with one attached hydrogen (secondary N) is 2. The highest BCUT2D eigenvalue weighted by Gasteiger charge is 2.51. The van der Waals surface area contributed by atoms with Crippen LogP contribution in [0.2, 0.25) is 0 Å². The van der Waals surface area contributed by atoms with Crippen LogP contribution in [0.4, 0.5) is 0 Å². The lowest BCUT2D eigenvalue weighted by molar-refractivity contribution is -0.129. The van der Waals surface area contributed by atoms with Gasteiger partial charge in [0.2, 0.25) is 11.8 Å². The van der Waals surface area contributed by atoms with E-state index >= 15 is 0 Å². The highest BCUT2D eigenvalue weighted by Crippen LogP contribution is 2.55. The third-order valence-electron chi connectivity index (χ3n) is 5.88. The zero-order valence-corrected chi connectivity index (χ0v) is 13.3. The molecule has 4 fully saturated rings. The molecule has 0 saturated heterocycles. The minimum Gasteiger partial charge on any atom is -0.351 e. The summed E-state index contributed by atoms with van der Waals surface area (Å²) in [6, 6.07) is 0. The SMILES string of the molecule is O=C(CCCCCC(=O)NC12CC3CC(CC(C3)C1)C2)NO. The molecule has 0 aromatic heterocycles. The van der Waals surface area contributed by atoms with Crippen molar-refractivity contribution in [3.8, 4) is 0 Å². The van der Waals surface area contributed by atoms with Crippen LogP contribution in [0.25, 0.3) is 0 Å². The van der Waals surface area contributed by atoms with Crippen LogP contribution < -0.4 is 10.8 Å². The quantitative estimate of drug-likeness (QED) is 0.384. The maximum Gasteiger partial charge on any atom is 0.243 e. The van der Waals surface area contributed by atoms with Crippen LogP contribution in [0.3, 0.4) is 0 Å². The minimum atomic E-state index is -0.349. The van der Waals surface area contributed by atoms with Gasteiger partial charge in [-0.15, -0.1) is 0 Å². The molecule has 4 saturated carbocycles. The predicted molar refractivity (Wildman–Crippen MR) is 82.1 cm³/mol. The van der Waals surface area contributed by atoms with Gasteiger partial charge in [-0.3, -0.25) is 14.8 Å². The van der Waals surface area contributed by atoms with Crippen LogP contribution in [0, 0.1) is 17.8 Å². The van der Waals surface area contributed by atoms with Gasteiger partial charge in [0.05, 0.1) is 0 Å². The van der Waals surface area contributed by atoms with Crippen LogP contribution in [-0.4, -0.2) is 22.6 Å². The molecule has 0 aromatic carbocycles. The van der Waals surface area contributed by atoms with Crippen molar-refractivity contribution in [1.29, 1.82) is 0 Å². The van der Waals surface area contributed by atoms with Crippen molar-refractivity contribution in [3.63, 3.8) is 0 Å². The van der Waals surface area contributed by atoms with Crippen LogP contribution in [0.5, 0.6) is 0 Å². The Morgan fingerprint density at radius 3 is 1.86 bits per heavy atom. The van der Waals surface area contributed by atoms with E-state index in [1.165, 1.54) is 38.5 Å². The van der Waals surface area contributed by atoms with Gasteiger partial charge >= 0.3 is 0 Å². The molecule has 3 N–H and O–H groups in total. The number of hydrogen-bond acceptors (Lipinski definition) is 3. The Kier molecular flexibility index (Phi) is 4.71. The maximum atomic E-state index is 12.3. The Balaban J connectivity index is 1.38. The first-order valence-electron chi connectivity index (χ1n) is 8.82. The zero-order valence-electron chi connectivity index (χ0n) is 13.3. The monoisotopic (exact) mass is 308 g/mol. The normalized spacial score (nSPS) is 35.4. The molecule has 124 valence electrons. The lowest BCUT2D eigenvalue weighted by Gasteiger charge is -2.56. The van der Waals surface area contributed by atoms with E-state index in [0.717, 1.165) is 37.0 Å². The first-order chi connectivity index (χ1) is 10.6. The summed E-state index contributed by atoms with van der Waals surface area (Å²) in [5.74, 6) is 2.39. The largest absolute Gasteiger partial charge is 0.351 e. The first-order valence-corrected chi connectivity index (χ1v) is 8.82. The average molecular weight is 308 g/mol. The van der Waals surface area contributed by atoms with E-state index in [1.807, 2.05) is 0 Å². The predicted octanol–water partition coefficient (Wildman–Crippen LogP) is 2.53. The van der Waals surface area contributed by atoms with E-state index in [2.05, 4.69) is 5.32 Å². The summed E-state index contributed by atoms with van der Waals surface area (Å²) in [4.78, 5) is 23.1. The highest BCUT2D eigenvalue weighted by molar-refractivity contribution is 5.77. The van der Waals surface area contributed by atoms with Crippen LogP contribution >= 0.6 is 0 Å². The van der Waals surface area contributed by atoms with Crippen LogP contribution in [-0.2, 0) is 9.59 Å². The van der Waals surface area contributed by atoms with E-state index in [0.29, 0.717) is 12.8 Å². The summed E-state index contributed by atoms with van der Waals surface area (Å²) in [6.07, 6.45) is 11.0. The molecule has 2 amide bonds. The summed E-state index contributed by atoms with van der Waals surface area (Å²) in [7, 11) is 0. The van der Waals surface area contributed by atoms with Gasteiger partial charge in [-0.2, -0.15) is 0 Å². The van der Waals surface area contributed by atoms with Gasteiger partial charge in [-0.1, -0.05) is 6.42 Å². The molecule has 0 heterocycles. The molecule has 4 aliphatic carbocycles. The summed E-state index contributed by atoms with van der Waals surface area (Å²) >= 11 is 0. The van der Waals surface area contributed by atoms with Crippen molar-refractivity contribution in [3.05, 3.63) is 0 Å². The molecule has 4 aliphatic rings. The Morgan fingerprint density at radius 1 is 0.864 bits per heavy atom. The number of carbonyl (C=O) groups excluding carboxylic acids is 2. The number of carbonyl (C=O) groups is 2. The first kappa shape index (κ1) is 15.8. The summed E-state index contributed by atoms with van der Waals surface area (Å²) < 4.78 is 0. The van der Waals surface area contributed by atoms with Gasteiger partial charge in [0, 0.05) is 18.4 Å². The fourth-order valence-electron chi connectivity index (χ4n) is 5.43. The maximum absolute atomic E-state index is 12.3. The Hall–Kier alpha value is -1.10. The van der Waals surface area contributed by atoms with Crippen molar-refractivity contribution < 1.29 is 14.8 Å². The van der Waals surface area contributed by atoms with Crippen LogP contribution in [0.15, 0.2) is 0 Å². The molecule has 0 radical (unpaired) electrons. The van der Waals surface area contributed by atoms with E-state index in [4.69, 9.17) is 5.21 Å². The molecular formula is C17H28N2O3. The molecule has 0 spiro atoms. The van der Waals surface area contributed by atoms with E-state index in [-0.39, 0.29) is 17.4 Å². The third kappa shape index (κ3) is 3.62. The topological polar surface area (TPSA) is 78.4 Å². The second kappa shape index (κ2) is 6.57. The standard InChI is InChI=1S/C17H28N2O3/c20-15(4-2-1-3-5-16(21)19-22)18-17-9-12-6-13(10-17)8-14(7-12)11-17/h12-14,22H,1-11H2,(H,18,20)(H,19,21). The van der Waals surface area contributed by atoms with Crippen molar-refractivity contribution in [2.24, 2.45) is 17.8 Å². The van der Waals surface area contributed by atoms with E-state index in [1.54, 1.807) is 5.48 Å². The fraction of sp³-hybridized carbons (Fsp3) is 0.882. The number of hydroxylamine groups is 1. The molecule has 5 nitrogen and oxygen atoms in total. The Morgan fingerprint density at radius 2 is 1.36 bits per heavy atom. The Bertz CT molecular complexity index is 400. The zero-order chi connectivity index (χ0) is 15.6. The molecule has 0 aliphatic heterocycles. The van der Waals surface area contributed by atoms with Crippen molar-refractivity contribution in [1.82, 2.24) is 10.8 Å². The van der Waals surface area contributed by atoms with Crippen molar-refractivity contribution >= 4 is 11.8 Å². The third-order valence-corrected chi connectivity index (χ3v) is 5.88. The number of rotatable bonds is 7. The van der Waals surface area contributed by atoms with Gasteiger partial charge in [0.25, 0.3) is 0 Å². The lowest BCUT2D eigenvalue weighted by atomic mass is 9.53. The second-order valence-corrected chi connectivity index (χ2v) is 7.84. The summed E-state index contributed by atoms with van der Waals surface area (Å²) in [5.41, 5.74) is 1.75. The second-order valence-electron chi connectivity index (χ2n) is 7.84. The van der Waals surface area contributed by atoms with Gasteiger partial charge < -0.3 is 5.32 Å². The minimum absolute atomic E-state index is 0.114. The molecule has 0 atom stereocenters. The van der Waals surface area contributed by atoms with Crippen molar-refractivity contribution in [2.75, 3.05) is 0 Å².